The number of nitrogens with zero attached hydrogens (tertiary/aromatic N) is 2. The van der Waals surface area contributed by atoms with Gasteiger partial charge in [-0.2, -0.15) is 0 Å². The van der Waals surface area contributed by atoms with E-state index in [9.17, 15) is 24.3 Å². The van der Waals surface area contributed by atoms with Gasteiger partial charge in [-0.1, -0.05) is 181 Å². The number of unbranched alkanes of at least 4 members (excludes halogenated alkanes) is 2. The highest BCUT2D eigenvalue weighted by molar-refractivity contribution is 5.88. The van der Waals surface area contributed by atoms with Gasteiger partial charge in [-0.3, -0.25) is 24.2 Å². The lowest BCUT2D eigenvalue weighted by Gasteiger charge is -2.33. The standard InChI is InChI=1S/C24H32N2O3.C21H32O.C9H10O2.CH4O/c1-3-15-25(22(19-27)20-11-7-5-8-12-20)17-18-26(16-4-2)23(24(28)29)21-13-9-6-10-14-21;1-3-4-6-10-17(2)15-16-20(18-11-7-5-8-12-18)21(22)19-13-9-14-19;1-7(9(10)11)8-5-3-2-4-6-8;1-2/h5-14,19,22-23H,3-4,15-18H2,1-2H3,(H,28,29);5,7-8,11-12,17,19-20H,3-4,6,9-10,13-16H2,1-2H3;2-7H,1H3,(H,10,11);2H,1H3. The van der Waals surface area contributed by atoms with E-state index in [1.165, 1.54) is 44.1 Å². The second-order valence-corrected chi connectivity index (χ2v) is 16.9. The van der Waals surface area contributed by atoms with Crippen molar-refractivity contribution in [3.63, 3.8) is 0 Å². The van der Waals surface area contributed by atoms with E-state index in [1.807, 2.05) is 102 Å². The van der Waals surface area contributed by atoms with Crippen LogP contribution in [0.25, 0.3) is 0 Å². The number of aliphatic hydroxyl groups excluding tert-OH is 1. The molecule has 0 saturated heterocycles. The van der Waals surface area contributed by atoms with Gasteiger partial charge in [-0.05, 0) is 86.7 Å². The summed E-state index contributed by atoms with van der Waals surface area (Å²) in [6.45, 7) is 13.1. The third-order valence-electron chi connectivity index (χ3n) is 12.0. The first kappa shape index (κ1) is 55.2. The topological polar surface area (TPSA) is 135 Å². The fourth-order valence-electron chi connectivity index (χ4n) is 8.12. The number of hydrogen-bond donors (Lipinski definition) is 3. The third-order valence-corrected chi connectivity index (χ3v) is 12.0. The number of carboxylic acid groups (broad SMARTS) is 2. The normalized spacial score (nSPS) is 14.4. The van der Waals surface area contributed by atoms with Gasteiger partial charge in [-0.25, -0.2) is 0 Å². The van der Waals surface area contributed by atoms with Crippen LogP contribution in [0.2, 0.25) is 0 Å². The van der Waals surface area contributed by atoms with Crippen LogP contribution in [0.4, 0.5) is 0 Å². The van der Waals surface area contributed by atoms with E-state index in [1.54, 1.807) is 6.92 Å². The minimum Gasteiger partial charge on any atom is -0.481 e. The zero-order valence-corrected chi connectivity index (χ0v) is 39.6. The lowest BCUT2D eigenvalue weighted by molar-refractivity contribution is -0.144. The van der Waals surface area contributed by atoms with E-state index in [4.69, 9.17) is 10.2 Å². The zero-order chi connectivity index (χ0) is 47.1. The second kappa shape index (κ2) is 32.7. The number of aliphatic carboxylic acids is 2. The zero-order valence-electron chi connectivity index (χ0n) is 39.6. The Kier molecular flexibility index (Phi) is 28.2. The van der Waals surface area contributed by atoms with E-state index in [-0.39, 0.29) is 12.0 Å². The molecule has 4 aromatic carbocycles. The average molecular weight is 879 g/mol. The molecule has 64 heavy (non-hydrogen) atoms. The Morgan fingerprint density at radius 2 is 1.05 bits per heavy atom. The maximum absolute atomic E-state index is 12.8. The maximum Gasteiger partial charge on any atom is 0.325 e. The van der Waals surface area contributed by atoms with Crippen LogP contribution in [0.3, 0.4) is 0 Å². The van der Waals surface area contributed by atoms with E-state index in [2.05, 4.69) is 56.9 Å². The smallest absolute Gasteiger partial charge is 0.325 e. The van der Waals surface area contributed by atoms with Gasteiger partial charge in [0.05, 0.1) is 12.0 Å². The molecule has 3 N–H and O–H groups in total. The van der Waals surface area contributed by atoms with Gasteiger partial charge in [0, 0.05) is 32.0 Å². The Morgan fingerprint density at radius 3 is 1.48 bits per heavy atom. The van der Waals surface area contributed by atoms with Crippen molar-refractivity contribution in [2.24, 2.45) is 11.8 Å². The average Bonchev–Trinajstić information content (AvgIpc) is 3.30. The summed E-state index contributed by atoms with van der Waals surface area (Å²) >= 11 is 0. The first-order valence-corrected chi connectivity index (χ1v) is 23.6. The number of rotatable bonds is 25. The Morgan fingerprint density at radius 1 is 0.578 bits per heavy atom. The molecular weight excluding hydrogens is 801 g/mol. The molecule has 4 aromatic rings. The monoisotopic (exact) mass is 879 g/mol. The van der Waals surface area contributed by atoms with Crippen molar-refractivity contribution in [2.45, 2.75) is 129 Å². The fraction of sp³-hybridized carbons (Fsp3) is 0.491. The van der Waals surface area contributed by atoms with Gasteiger partial charge in [0.1, 0.15) is 18.1 Å². The maximum atomic E-state index is 12.8. The molecular formula is C55H78N2O7. The summed E-state index contributed by atoms with van der Waals surface area (Å²) in [5.41, 5.74) is 3.83. The van der Waals surface area contributed by atoms with Crippen LogP contribution < -0.4 is 0 Å². The van der Waals surface area contributed by atoms with Crippen LogP contribution in [-0.2, 0) is 19.2 Å². The predicted molar refractivity (Wildman–Crippen MR) is 261 cm³/mol. The molecule has 0 amide bonds. The highest BCUT2D eigenvalue weighted by Crippen LogP contribution is 2.36. The number of hydrogen-bond acceptors (Lipinski definition) is 7. The Balaban J connectivity index is 0.000000353. The summed E-state index contributed by atoms with van der Waals surface area (Å²) in [5, 5.41) is 25.5. The Labute approximate surface area is 384 Å². The van der Waals surface area contributed by atoms with E-state index in [0.717, 1.165) is 74.7 Å². The van der Waals surface area contributed by atoms with Crippen molar-refractivity contribution in [3.8, 4) is 0 Å². The highest BCUT2D eigenvalue weighted by atomic mass is 16.4. The first-order valence-electron chi connectivity index (χ1n) is 23.6. The van der Waals surface area contributed by atoms with E-state index < -0.39 is 23.9 Å². The van der Waals surface area contributed by atoms with E-state index >= 15 is 0 Å². The molecule has 9 nitrogen and oxygen atoms in total. The SMILES string of the molecule is CC(C(=O)O)c1ccccc1.CCCCCC(C)CCC(C(=O)C1CCC1)c1ccccc1.CCCN(CCN(CCC)C(C(=O)O)c1ccccc1)C(C=O)c1ccccc1.CO. The minimum absolute atomic E-state index is 0.139. The number of carbonyl (C=O) groups is 4. The summed E-state index contributed by atoms with van der Waals surface area (Å²) < 4.78 is 0. The molecule has 5 unspecified atom stereocenters. The summed E-state index contributed by atoms with van der Waals surface area (Å²) in [6, 6.07) is 37.8. The summed E-state index contributed by atoms with van der Waals surface area (Å²) in [6.07, 6.45) is 13.7. The van der Waals surface area contributed by atoms with Crippen molar-refractivity contribution in [1.82, 2.24) is 9.80 Å². The van der Waals surface area contributed by atoms with Gasteiger partial charge in [0.2, 0.25) is 0 Å². The number of ketones is 1. The molecule has 1 aliphatic carbocycles. The third kappa shape index (κ3) is 19.4. The molecule has 350 valence electrons. The van der Waals surface area contributed by atoms with Gasteiger partial charge in [-0.15, -0.1) is 0 Å². The fourth-order valence-corrected chi connectivity index (χ4v) is 8.12. The highest BCUT2D eigenvalue weighted by Gasteiger charge is 2.32. The van der Waals surface area contributed by atoms with Gasteiger partial charge in [0.25, 0.3) is 0 Å². The number of carboxylic acids is 2. The molecule has 5 atom stereocenters. The molecule has 1 fully saturated rings. The number of Topliss-reactive ketones (excluding diaryl/α,β-unsaturated/α-hetero) is 1. The Bertz CT molecular complexity index is 1820. The quantitative estimate of drug-likeness (QED) is 0.0439. The van der Waals surface area contributed by atoms with E-state index in [0.29, 0.717) is 31.3 Å². The van der Waals surface area contributed by atoms with Crippen LogP contribution in [0, 0.1) is 11.8 Å². The molecule has 1 saturated carbocycles. The van der Waals surface area contributed by atoms with Crippen molar-refractivity contribution >= 4 is 24.0 Å². The lowest BCUT2D eigenvalue weighted by atomic mass is 9.74. The predicted octanol–water partition coefficient (Wildman–Crippen LogP) is 11.8. The molecule has 0 spiro atoms. The molecule has 1 aliphatic rings. The molecule has 0 aromatic heterocycles. The van der Waals surface area contributed by atoms with Gasteiger partial charge >= 0.3 is 11.9 Å². The molecule has 0 bridgehead atoms. The molecule has 9 heteroatoms. The van der Waals surface area contributed by atoms with Crippen molar-refractivity contribution in [3.05, 3.63) is 144 Å². The van der Waals surface area contributed by atoms with Crippen LogP contribution in [0.5, 0.6) is 0 Å². The molecule has 0 heterocycles. The van der Waals surface area contributed by atoms with Crippen LogP contribution in [0.15, 0.2) is 121 Å². The number of benzene rings is 4. The van der Waals surface area contributed by atoms with Gasteiger partial charge in [0.15, 0.2) is 0 Å². The van der Waals surface area contributed by atoms with Crippen molar-refractivity contribution in [1.29, 1.82) is 0 Å². The lowest BCUT2D eigenvalue weighted by Crippen LogP contribution is -2.42. The van der Waals surface area contributed by atoms with Crippen molar-refractivity contribution < 1.29 is 34.5 Å². The second-order valence-electron chi connectivity index (χ2n) is 16.9. The number of aliphatic hydroxyl groups is 1. The van der Waals surface area contributed by atoms with Crippen LogP contribution >= 0.6 is 0 Å². The summed E-state index contributed by atoms with van der Waals surface area (Å²) in [7, 11) is 1.00. The van der Waals surface area contributed by atoms with Crippen molar-refractivity contribution in [2.75, 3.05) is 33.3 Å². The molecule has 0 aliphatic heterocycles. The molecule has 0 radical (unpaired) electrons. The number of aldehydes is 1. The summed E-state index contributed by atoms with van der Waals surface area (Å²) in [5.74, 6) is -0.292. The Hall–Kier alpha value is -4.96. The van der Waals surface area contributed by atoms with Crippen LogP contribution in [-0.4, -0.2) is 82.4 Å². The number of carbonyl (C=O) groups excluding carboxylic acids is 2. The van der Waals surface area contributed by atoms with Gasteiger partial charge < -0.3 is 20.1 Å². The largest absolute Gasteiger partial charge is 0.481 e. The van der Waals surface area contributed by atoms with Crippen LogP contribution in [0.1, 0.15) is 151 Å². The minimum atomic E-state index is -0.846. The first-order chi connectivity index (χ1) is 31.1. The molecule has 5 rings (SSSR count). The summed E-state index contributed by atoms with van der Waals surface area (Å²) in [4.78, 5) is 51.4.